The van der Waals surface area contributed by atoms with Crippen LogP contribution in [0.25, 0.3) is 0 Å². The molecule has 1 aromatic carbocycles. The van der Waals surface area contributed by atoms with E-state index in [1.807, 2.05) is 6.08 Å². The Bertz CT molecular complexity index is 1130. The lowest BCUT2D eigenvalue weighted by atomic mass is 9.57. The number of likely N-dealkylation sites (tertiary alicyclic amines) is 2. The molecule has 0 radical (unpaired) electrons. The minimum Gasteiger partial charge on any atom is -0.507 e. The minimum absolute atomic E-state index is 0.112. The van der Waals surface area contributed by atoms with Crippen molar-refractivity contribution in [3.63, 3.8) is 0 Å². The van der Waals surface area contributed by atoms with Gasteiger partial charge < -0.3 is 14.6 Å². The molecule has 9 nitrogen and oxygen atoms in total. The molecule has 1 saturated carbocycles. The molecule has 6 unspecified atom stereocenters. The van der Waals surface area contributed by atoms with Crippen molar-refractivity contribution in [2.45, 2.75) is 18.8 Å². The maximum absolute atomic E-state index is 13.2. The van der Waals surface area contributed by atoms with E-state index in [4.69, 9.17) is 9.47 Å². The van der Waals surface area contributed by atoms with Gasteiger partial charge in [-0.15, -0.1) is 0 Å². The van der Waals surface area contributed by atoms with Gasteiger partial charge >= 0.3 is 0 Å². The number of imide groups is 2. The molecule has 174 valence electrons. The Morgan fingerprint density at radius 3 is 2.12 bits per heavy atom. The van der Waals surface area contributed by atoms with Gasteiger partial charge in [-0.05, 0) is 18.8 Å². The summed E-state index contributed by atoms with van der Waals surface area (Å²) in [6.45, 7) is 0. The van der Waals surface area contributed by atoms with Gasteiger partial charge in [0.2, 0.25) is 23.6 Å². The molecule has 1 aromatic rings. The number of aromatic hydroxyl groups is 1. The van der Waals surface area contributed by atoms with Crippen LogP contribution in [0.5, 0.6) is 17.2 Å². The lowest BCUT2D eigenvalue weighted by Crippen LogP contribution is -2.43. The van der Waals surface area contributed by atoms with Crippen LogP contribution in [0.4, 0.5) is 0 Å². The van der Waals surface area contributed by atoms with Crippen LogP contribution in [-0.4, -0.2) is 66.9 Å². The molecule has 1 N–H and O–H groups in total. The van der Waals surface area contributed by atoms with Crippen molar-refractivity contribution < 1.29 is 33.8 Å². The van der Waals surface area contributed by atoms with Crippen LogP contribution in [0, 0.1) is 29.6 Å². The fourth-order valence-corrected chi connectivity index (χ4v) is 6.41. The summed E-state index contributed by atoms with van der Waals surface area (Å²) in [7, 11) is 5.88. The molecular formula is C24H26N2O7. The molecule has 3 fully saturated rings. The Labute approximate surface area is 190 Å². The highest BCUT2D eigenvalue weighted by Crippen LogP contribution is 2.60. The van der Waals surface area contributed by atoms with Crippen LogP contribution in [0.2, 0.25) is 0 Å². The van der Waals surface area contributed by atoms with Gasteiger partial charge in [0.1, 0.15) is 17.2 Å². The molecule has 33 heavy (non-hydrogen) atoms. The van der Waals surface area contributed by atoms with Crippen LogP contribution in [0.3, 0.4) is 0 Å². The topological polar surface area (TPSA) is 113 Å². The van der Waals surface area contributed by atoms with Crippen LogP contribution in [-0.2, 0) is 19.2 Å². The highest BCUT2D eigenvalue weighted by atomic mass is 16.5. The smallest absolute Gasteiger partial charge is 0.233 e. The summed E-state index contributed by atoms with van der Waals surface area (Å²) >= 11 is 0. The van der Waals surface area contributed by atoms with Crippen molar-refractivity contribution in [3.05, 3.63) is 29.3 Å². The number of benzene rings is 1. The van der Waals surface area contributed by atoms with Crippen LogP contribution < -0.4 is 9.47 Å². The quantitative estimate of drug-likeness (QED) is 0.541. The number of nitrogens with zero attached hydrogens (tertiary/aromatic N) is 2. The average molecular weight is 454 g/mol. The minimum atomic E-state index is -0.723. The van der Waals surface area contributed by atoms with E-state index in [1.165, 1.54) is 39.3 Å². The number of carbonyl (C=O) groups excluding carboxylic acids is 4. The molecule has 2 aliphatic carbocycles. The predicted octanol–water partition coefficient (Wildman–Crippen LogP) is 1.30. The normalized spacial score (nSPS) is 33.0. The number of methoxy groups -OCH3 is 2. The van der Waals surface area contributed by atoms with E-state index in [1.54, 1.807) is 6.07 Å². The molecule has 2 aliphatic heterocycles. The lowest BCUT2D eigenvalue weighted by Gasteiger charge is -2.44. The van der Waals surface area contributed by atoms with Crippen LogP contribution in [0.15, 0.2) is 23.8 Å². The fourth-order valence-electron chi connectivity index (χ4n) is 6.41. The molecule has 2 saturated heterocycles. The molecule has 0 spiro atoms. The number of allylic oxidation sites excluding steroid dienone is 2. The summed E-state index contributed by atoms with van der Waals surface area (Å²) in [6.07, 6.45) is 2.61. The van der Waals surface area contributed by atoms with Gasteiger partial charge in [-0.3, -0.25) is 29.0 Å². The number of hydrogen-bond donors (Lipinski definition) is 1. The monoisotopic (exact) mass is 454 g/mol. The van der Waals surface area contributed by atoms with E-state index < -0.39 is 29.6 Å². The number of hydrogen-bond acceptors (Lipinski definition) is 7. The first kappa shape index (κ1) is 21.5. The van der Waals surface area contributed by atoms with Crippen LogP contribution >= 0.6 is 0 Å². The molecule has 6 atom stereocenters. The van der Waals surface area contributed by atoms with E-state index in [2.05, 4.69) is 0 Å². The van der Waals surface area contributed by atoms with Crippen molar-refractivity contribution in [1.82, 2.24) is 9.80 Å². The van der Waals surface area contributed by atoms with Gasteiger partial charge in [0.15, 0.2) is 0 Å². The van der Waals surface area contributed by atoms with E-state index >= 15 is 0 Å². The Morgan fingerprint density at radius 2 is 1.48 bits per heavy atom. The number of phenolic OH excluding ortho intramolecular Hbond substituents is 1. The molecule has 2 heterocycles. The van der Waals surface area contributed by atoms with E-state index in [-0.39, 0.29) is 35.3 Å². The summed E-state index contributed by atoms with van der Waals surface area (Å²) in [6, 6.07) is 3.08. The fraction of sp³-hybridized carbons (Fsp3) is 0.500. The third kappa shape index (κ3) is 2.77. The SMILES string of the molecule is COc1cc(O)c(C2C3=CCC4C(=O)N(C)C(=O)C4C3CC3C(=O)N(C)C(=O)C32)c(OC)c1. The largest absolute Gasteiger partial charge is 0.507 e. The first-order valence-corrected chi connectivity index (χ1v) is 11.0. The van der Waals surface area contributed by atoms with Crippen LogP contribution in [0.1, 0.15) is 24.3 Å². The number of phenols is 1. The highest BCUT2D eigenvalue weighted by molar-refractivity contribution is 6.07. The maximum atomic E-state index is 13.2. The summed E-state index contributed by atoms with van der Waals surface area (Å²) in [5, 5.41) is 11.0. The van der Waals surface area contributed by atoms with Crippen molar-refractivity contribution in [3.8, 4) is 17.2 Å². The van der Waals surface area contributed by atoms with E-state index in [0.29, 0.717) is 29.9 Å². The second-order valence-corrected chi connectivity index (χ2v) is 9.26. The summed E-state index contributed by atoms with van der Waals surface area (Å²) in [5.74, 6) is -3.93. The number of carbonyl (C=O) groups is 4. The second-order valence-electron chi connectivity index (χ2n) is 9.26. The van der Waals surface area contributed by atoms with Crippen molar-refractivity contribution >= 4 is 23.6 Å². The molecular weight excluding hydrogens is 428 g/mol. The second kappa shape index (κ2) is 7.33. The molecule has 9 heteroatoms. The maximum Gasteiger partial charge on any atom is 0.233 e. The standard InChI is InChI=1S/C24H26N2O7/c1-25-21(28)12-6-5-11-13(17(12)23(25)30)9-14-19(24(31)26(2)22(14)29)18(11)20-15(27)7-10(32-3)8-16(20)33-4/h5,7-8,12-14,17-19,27H,6,9H2,1-4H3. The number of fused-ring (bicyclic) bond motifs is 4. The summed E-state index contributed by atoms with van der Waals surface area (Å²) in [4.78, 5) is 54.3. The zero-order valence-corrected chi connectivity index (χ0v) is 18.9. The predicted molar refractivity (Wildman–Crippen MR) is 114 cm³/mol. The van der Waals surface area contributed by atoms with Crippen molar-refractivity contribution in [1.29, 1.82) is 0 Å². The van der Waals surface area contributed by atoms with E-state index in [9.17, 15) is 24.3 Å². The molecule has 0 bridgehead atoms. The Hall–Kier alpha value is -3.36. The molecule has 5 rings (SSSR count). The Kier molecular flexibility index (Phi) is 4.77. The Balaban J connectivity index is 1.72. The third-order valence-corrected chi connectivity index (χ3v) is 7.95. The molecule has 4 amide bonds. The first-order valence-electron chi connectivity index (χ1n) is 11.0. The zero-order valence-electron chi connectivity index (χ0n) is 18.9. The highest BCUT2D eigenvalue weighted by Gasteiger charge is 2.61. The molecule has 0 aromatic heterocycles. The van der Waals surface area contributed by atoms with E-state index in [0.717, 1.165) is 10.5 Å². The summed E-state index contributed by atoms with van der Waals surface area (Å²) in [5.41, 5.74) is 1.20. The van der Waals surface area contributed by atoms with Gasteiger partial charge in [0.25, 0.3) is 0 Å². The number of ether oxygens (including phenoxy) is 2. The summed E-state index contributed by atoms with van der Waals surface area (Å²) < 4.78 is 10.8. The third-order valence-electron chi connectivity index (χ3n) is 7.95. The van der Waals surface area contributed by atoms with Crippen molar-refractivity contribution in [2.24, 2.45) is 29.6 Å². The van der Waals surface area contributed by atoms with Gasteiger partial charge in [0.05, 0.1) is 37.9 Å². The number of amides is 4. The number of rotatable bonds is 3. The Morgan fingerprint density at radius 1 is 0.848 bits per heavy atom. The molecule has 4 aliphatic rings. The average Bonchev–Trinajstić information content (AvgIpc) is 3.17. The first-order chi connectivity index (χ1) is 15.7. The van der Waals surface area contributed by atoms with Crippen molar-refractivity contribution in [2.75, 3.05) is 28.3 Å². The van der Waals surface area contributed by atoms with Gasteiger partial charge in [-0.1, -0.05) is 11.6 Å². The zero-order chi connectivity index (χ0) is 23.8. The van der Waals surface area contributed by atoms with Gasteiger partial charge in [-0.25, -0.2) is 0 Å². The lowest BCUT2D eigenvalue weighted by molar-refractivity contribution is -0.140. The van der Waals surface area contributed by atoms with Gasteiger partial charge in [0, 0.05) is 37.7 Å². The van der Waals surface area contributed by atoms with Gasteiger partial charge in [-0.2, -0.15) is 0 Å².